The van der Waals surface area contributed by atoms with Gasteiger partial charge in [0.25, 0.3) is 0 Å². The van der Waals surface area contributed by atoms with Crippen LogP contribution in [0.1, 0.15) is 0 Å². The molecule has 0 saturated carbocycles. The summed E-state index contributed by atoms with van der Waals surface area (Å²) in [7, 11) is 1.80. The zero-order valence-electron chi connectivity index (χ0n) is 9.31. The second-order valence-electron chi connectivity index (χ2n) is 4.01. The third kappa shape index (κ3) is 1.44. The number of aromatic amines is 1. The van der Waals surface area contributed by atoms with E-state index in [0.717, 1.165) is 22.2 Å². The van der Waals surface area contributed by atoms with Crippen LogP contribution < -0.4 is 5.73 Å². The molecule has 4 N–H and O–H groups in total. The summed E-state index contributed by atoms with van der Waals surface area (Å²) in [4.78, 5) is 3.14. The maximum absolute atomic E-state index is 9.52. The Kier molecular flexibility index (Phi) is 1.89. The minimum atomic E-state index is 0.238. The minimum Gasteiger partial charge on any atom is -0.508 e. The Balaban J connectivity index is 2.26. The summed E-state index contributed by atoms with van der Waals surface area (Å²) in [6.45, 7) is 0. The molecule has 2 aromatic heterocycles. The maximum atomic E-state index is 9.52. The molecule has 5 heteroatoms. The minimum absolute atomic E-state index is 0.238. The molecule has 0 aliphatic heterocycles. The first-order valence-electron chi connectivity index (χ1n) is 5.25. The van der Waals surface area contributed by atoms with Crippen LogP contribution >= 0.6 is 0 Å². The van der Waals surface area contributed by atoms with E-state index in [-0.39, 0.29) is 5.75 Å². The number of hydrogen-bond acceptors (Lipinski definition) is 3. The van der Waals surface area contributed by atoms with Crippen LogP contribution in [0, 0.1) is 0 Å². The first-order chi connectivity index (χ1) is 8.15. The Morgan fingerprint density at radius 2 is 2.18 bits per heavy atom. The number of benzene rings is 1. The van der Waals surface area contributed by atoms with Gasteiger partial charge in [0, 0.05) is 35.8 Å². The molecule has 0 amide bonds. The fraction of sp³-hybridized carbons (Fsp3) is 0.0833. The second-order valence-corrected chi connectivity index (χ2v) is 4.01. The average molecular weight is 228 g/mol. The molecule has 3 rings (SSSR count). The van der Waals surface area contributed by atoms with Crippen molar-refractivity contribution in [1.29, 1.82) is 0 Å². The lowest BCUT2D eigenvalue weighted by atomic mass is 10.1. The highest BCUT2D eigenvalue weighted by Crippen LogP contribution is 2.30. The molecule has 1 aromatic carbocycles. The number of fused-ring (bicyclic) bond motifs is 1. The number of aromatic hydroxyl groups is 1. The van der Waals surface area contributed by atoms with Crippen molar-refractivity contribution in [1.82, 2.24) is 14.8 Å². The van der Waals surface area contributed by atoms with Gasteiger partial charge in [-0.1, -0.05) is 0 Å². The van der Waals surface area contributed by atoms with Crippen molar-refractivity contribution < 1.29 is 5.11 Å². The molecule has 0 aliphatic carbocycles. The van der Waals surface area contributed by atoms with Crippen molar-refractivity contribution in [3.05, 3.63) is 30.5 Å². The molecular formula is C12H12N4O. The average Bonchev–Trinajstić information content (AvgIpc) is 2.83. The number of phenols is 1. The van der Waals surface area contributed by atoms with Crippen LogP contribution in [0.5, 0.6) is 5.75 Å². The van der Waals surface area contributed by atoms with Crippen molar-refractivity contribution in [2.24, 2.45) is 7.05 Å². The van der Waals surface area contributed by atoms with Crippen LogP contribution in [-0.2, 0) is 7.05 Å². The molecule has 0 spiro atoms. The quantitative estimate of drug-likeness (QED) is 0.594. The second kappa shape index (κ2) is 3.28. The summed E-state index contributed by atoms with van der Waals surface area (Å²) in [5, 5.41) is 14.8. The molecule has 0 unspecified atom stereocenters. The number of nitrogens with two attached hydrogens (primary N) is 1. The SMILES string of the molecule is Cn1nc(-c2c[nH]c3ccc(O)cc23)cc1N. The number of nitrogen functional groups attached to an aromatic ring is 1. The fourth-order valence-electron chi connectivity index (χ4n) is 1.93. The van der Waals surface area contributed by atoms with E-state index >= 15 is 0 Å². The Morgan fingerprint density at radius 3 is 2.88 bits per heavy atom. The third-order valence-electron chi connectivity index (χ3n) is 2.86. The first kappa shape index (κ1) is 9.77. The molecule has 0 bridgehead atoms. The van der Waals surface area contributed by atoms with Gasteiger partial charge < -0.3 is 15.8 Å². The molecule has 0 aliphatic rings. The predicted octanol–water partition coefficient (Wildman–Crippen LogP) is 1.86. The summed E-state index contributed by atoms with van der Waals surface area (Å²) in [6.07, 6.45) is 1.87. The van der Waals surface area contributed by atoms with Gasteiger partial charge in [-0.3, -0.25) is 4.68 Å². The van der Waals surface area contributed by atoms with E-state index in [1.165, 1.54) is 0 Å². The smallest absolute Gasteiger partial charge is 0.121 e. The number of nitrogens with one attached hydrogen (secondary N) is 1. The van der Waals surface area contributed by atoms with Crippen molar-refractivity contribution in [2.75, 3.05) is 5.73 Å². The van der Waals surface area contributed by atoms with Gasteiger partial charge in [-0.2, -0.15) is 5.10 Å². The van der Waals surface area contributed by atoms with Gasteiger partial charge in [-0.05, 0) is 18.2 Å². The van der Waals surface area contributed by atoms with Gasteiger partial charge in [0.05, 0.1) is 5.69 Å². The number of rotatable bonds is 1. The van der Waals surface area contributed by atoms with Gasteiger partial charge in [0.1, 0.15) is 11.6 Å². The molecule has 0 atom stereocenters. The number of phenolic OH excluding ortho intramolecular Hbond substituents is 1. The van der Waals surface area contributed by atoms with E-state index in [2.05, 4.69) is 10.1 Å². The van der Waals surface area contributed by atoms with Crippen molar-refractivity contribution in [2.45, 2.75) is 0 Å². The van der Waals surface area contributed by atoms with E-state index < -0.39 is 0 Å². The highest BCUT2D eigenvalue weighted by atomic mass is 16.3. The van der Waals surface area contributed by atoms with Gasteiger partial charge in [0.2, 0.25) is 0 Å². The zero-order chi connectivity index (χ0) is 12.0. The van der Waals surface area contributed by atoms with Gasteiger partial charge in [0.15, 0.2) is 0 Å². The number of nitrogens with zero attached hydrogens (tertiary/aromatic N) is 2. The number of hydrogen-bond donors (Lipinski definition) is 3. The van der Waals surface area contributed by atoms with Gasteiger partial charge in [-0.25, -0.2) is 0 Å². The van der Waals surface area contributed by atoms with Crippen LogP contribution in [0.3, 0.4) is 0 Å². The predicted molar refractivity (Wildman–Crippen MR) is 66.6 cm³/mol. The molecule has 0 radical (unpaired) electrons. The van der Waals surface area contributed by atoms with Crippen LogP contribution in [0.25, 0.3) is 22.2 Å². The summed E-state index contributed by atoms with van der Waals surface area (Å²) in [6, 6.07) is 7.01. The maximum Gasteiger partial charge on any atom is 0.121 e. The van der Waals surface area contributed by atoms with Crippen LogP contribution in [0.4, 0.5) is 5.82 Å². The molecule has 86 valence electrons. The van der Waals surface area contributed by atoms with E-state index in [1.54, 1.807) is 23.9 Å². The summed E-state index contributed by atoms with van der Waals surface area (Å²) < 4.78 is 1.62. The van der Waals surface area contributed by atoms with E-state index in [4.69, 9.17) is 5.73 Å². The molecule has 5 nitrogen and oxygen atoms in total. The molecule has 2 heterocycles. The molecule has 3 aromatic rings. The number of anilines is 1. The lowest BCUT2D eigenvalue weighted by Crippen LogP contribution is -1.96. The first-order valence-corrected chi connectivity index (χ1v) is 5.25. The van der Waals surface area contributed by atoms with Crippen molar-refractivity contribution >= 4 is 16.7 Å². The number of H-pyrrole nitrogens is 1. The van der Waals surface area contributed by atoms with E-state index in [9.17, 15) is 5.11 Å². The standard InChI is InChI=1S/C12H12N4O/c1-16-12(13)5-11(15-16)9-6-14-10-3-2-7(17)4-8(9)10/h2-6,14,17H,13H2,1H3. The topological polar surface area (TPSA) is 79.9 Å². The molecule has 0 fully saturated rings. The number of aryl methyl sites for hydroxylation is 1. The lowest BCUT2D eigenvalue weighted by Gasteiger charge is -1.95. The monoisotopic (exact) mass is 228 g/mol. The van der Waals surface area contributed by atoms with E-state index in [1.807, 2.05) is 18.3 Å². The van der Waals surface area contributed by atoms with E-state index in [0.29, 0.717) is 5.82 Å². The normalized spacial score (nSPS) is 11.1. The largest absolute Gasteiger partial charge is 0.508 e. The molecular weight excluding hydrogens is 216 g/mol. The van der Waals surface area contributed by atoms with Crippen molar-refractivity contribution in [3.8, 4) is 17.0 Å². The Hall–Kier alpha value is -2.43. The summed E-state index contributed by atoms with van der Waals surface area (Å²) in [5.41, 5.74) is 8.45. The Labute approximate surface area is 97.5 Å². The molecule has 17 heavy (non-hydrogen) atoms. The highest BCUT2D eigenvalue weighted by molar-refractivity contribution is 5.95. The van der Waals surface area contributed by atoms with Crippen LogP contribution in [-0.4, -0.2) is 19.9 Å². The Morgan fingerprint density at radius 1 is 1.35 bits per heavy atom. The fourth-order valence-corrected chi connectivity index (χ4v) is 1.93. The lowest BCUT2D eigenvalue weighted by molar-refractivity contribution is 0.476. The highest BCUT2D eigenvalue weighted by Gasteiger charge is 2.10. The van der Waals surface area contributed by atoms with Gasteiger partial charge in [-0.15, -0.1) is 0 Å². The Bertz CT molecular complexity index is 676. The molecule has 0 saturated heterocycles. The number of aromatic nitrogens is 3. The van der Waals surface area contributed by atoms with Crippen LogP contribution in [0.15, 0.2) is 30.5 Å². The van der Waals surface area contributed by atoms with Crippen molar-refractivity contribution in [3.63, 3.8) is 0 Å². The summed E-state index contributed by atoms with van der Waals surface area (Å²) >= 11 is 0. The van der Waals surface area contributed by atoms with Crippen LogP contribution in [0.2, 0.25) is 0 Å². The van der Waals surface area contributed by atoms with Gasteiger partial charge >= 0.3 is 0 Å². The third-order valence-corrected chi connectivity index (χ3v) is 2.86. The zero-order valence-corrected chi connectivity index (χ0v) is 9.31. The summed E-state index contributed by atoms with van der Waals surface area (Å²) in [5.74, 6) is 0.844.